The van der Waals surface area contributed by atoms with E-state index in [4.69, 9.17) is 0 Å². The van der Waals surface area contributed by atoms with Gasteiger partial charge < -0.3 is 5.32 Å². The molecule has 2 aromatic heterocycles. The maximum absolute atomic E-state index is 14.1. The molecule has 0 bridgehead atoms. The summed E-state index contributed by atoms with van der Waals surface area (Å²) in [5.41, 5.74) is 3.64. The van der Waals surface area contributed by atoms with E-state index in [9.17, 15) is 4.39 Å². The van der Waals surface area contributed by atoms with Crippen molar-refractivity contribution in [2.75, 3.05) is 5.32 Å². The van der Waals surface area contributed by atoms with E-state index in [0.29, 0.717) is 5.82 Å². The lowest BCUT2D eigenvalue weighted by atomic mass is 10.1. The van der Waals surface area contributed by atoms with Gasteiger partial charge in [-0.2, -0.15) is 5.10 Å². The van der Waals surface area contributed by atoms with Gasteiger partial charge in [-0.15, -0.1) is 0 Å². The molecule has 0 fully saturated rings. The van der Waals surface area contributed by atoms with Crippen molar-refractivity contribution in [3.05, 3.63) is 66.2 Å². The average molecular weight is 319 g/mol. The summed E-state index contributed by atoms with van der Waals surface area (Å²) in [7, 11) is 0. The summed E-state index contributed by atoms with van der Waals surface area (Å²) in [4.78, 5) is 8.40. The highest BCUT2D eigenvalue weighted by atomic mass is 19.1. The standard InChI is InChI=1S/C18H14FN5/c1-11-2-4-12(5-3-11)17-20-10-15(19)18(23-17)22-14-6-7-16-13(8-14)9-21-24-16/h2-10H,1H3,(H,21,24)(H,20,22,23). The number of hydrogen-bond acceptors (Lipinski definition) is 4. The topological polar surface area (TPSA) is 66.5 Å². The zero-order valence-electron chi connectivity index (χ0n) is 12.9. The second-order valence-electron chi connectivity index (χ2n) is 5.55. The van der Waals surface area contributed by atoms with Crippen molar-refractivity contribution in [1.82, 2.24) is 20.2 Å². The molecule has 0 aliphatic heterocycles. The zero-order valence-corrected chi connectivity index (χ0v) is 12.9. The number of H-pyrrole nitrogens is 1. The van der Waals surface area contributed by atoms with Gasteiger partial charge in [-0.1, -0.05) is 29.8 Å². The van der Waals surface area contributed by atoms with Crippen LogP contribution in [0.5, 0.6) is 0 Å². The number of nitrogens with zero attached hydrogens (tertiary/aromatic N) is 3. The van der Waals surface area contributed by atoms with Crippen molar-refractivity contribution in [2.45, 2.75) is 6.92 Å². The van der Waals surface area contributed by atoms with Gasteiger partial charge in [0.15, 0.2) is 17.5 Å². The third-order valence-electron chi connectivity index (χ3n) is 3.76. The molecular weight excluding hydrogens is 305 g/mol. The highest BCUT2D eigenvalue weighted by Crippen LogP contribution is 2.24. The smallest absolute Gasteiger partial charge is 0.184 e. The summed E-state index contributed by atoms with van der Waals surface area (Å²) < 4.78 is 14.1. The molecule has 4 aromatic rings. The molecule has 0 radical (unpaired) electrons. The van der Waals surface area contributed by atoms with Crippen LogP contribution in [0.4, 0.5) is 15.9 Å². The molecule has 118 valence electrons. The highest BCUT2D eigenvalue weighted by molar-refractivity contribution is 5.82. The normalized spacial score (nSPS) is 10.9. The number of aromatic nitrogens is 4. The summed E-state index contributed by atoms with van der Waals surface area (Å²) >= 11 is 0. The van der Waals surface area contributed by atoms with E-state index in [1.165, 1.54) is 6.20 Å². The quantitative estimate of drug-likeness (QED) is 0.593. The van der Waals surface area contributed by atoms with Crippen molar-refractivity contribution in [3.63, 3.8) is 0 Å². The Morgan fingerprint density at radius 1 is 1.04 bits per heavy atom. The Bertz CT molecular complexity index is 1010. The van der Waals surface area contributed by atoms with Crippen LogP contribution in [0.25, 0.3) is 22.3 Å². The third-order valence-corrected chi connectivity index (χ3v) is 3.76. The lowest BCUT2D eigenvalue weighted by Crippen LogP contribution is -2.00. The van der Waals surface area contributed by atoms with E-state index in [1.54, 1.807) is 6.20 Å². The minimum Gasteiger partial charge on any atom is -0.338 e. The van der Waals surface area contributed by atoms with Crippen LogP contribution in [0.3, 0.4) is 0 Å². The van der Waals surface area contributed by atoms with Gasteiger partial charge in [0.2, 0.25) is 0 Å². The minimum atomic E-state index is -0.502. The first kappa shape index (κ1) is 14.3. The Morgan fingerprint density at radius 2 is 1.88 bits per heavy atom. The molecule has 24 heavy (non-hydrogen) atoms. The number of aryl methyl sites for hydroxylation is 1. The van der Waals surface area contributed by atoms with E-state index in [0.717, 1.165) is 27.7 Å². The van der Waals surface area contributed by atoms with Gasteiger partial charge in [-0.25, -0.2) is 14.4 Å². The van der Waals surface area contributed by atoms with Crippen LogP contribution < -0.4 is 5.32 Å². The lowest BCUT2D eigenvalue weighted by molar-refractivity contribution is 0.619. The first-order valence-electron chi connectivity index (χ1n) is 7.49. The first-order chi connectivity index (χ1) is 11.7. The molecule has 0 amide bonds. The Hall–Kier alpha value is -3.28. The Labute approximate surface area is 137 Å². The highest BCUT2D eigenvalue weighted by Gasteiger charge is 2.09. The molecule has 5 nitrogen and oxygen atoms in total. The van der Waals surface area contributed by atoms with E-state index in [2.05, 4.69) is 25.5 Å². The minimum absolute atomic E-state index is 0.142. The van der Waals surface area contributed by atoms with Gasteiger partial charge in [0.1, 0.15) is 0 Å². The predicted octanol–water partition coefficient (Wildman–Crippen LogP) is 4.21. The molecule has 0 saturated carbocycles. The molecule has 0 aliphatic carbocycles. The summed E-state index contributed by atoms with van der Waals surface area (Å²) in [5.74, 6) is 0.116. The van der Waals surface area contributed by atoms with E-state index in [1.807, 2.05) is 49.4 Å². The maximum atomic E-state index is 14.1. The number of anilines is 2. The summed E-state index contributed by atoms with van der Waals surface area (Å²) in [6.07, 6.45) is 2.90. The van der Waals surface area contributed by atoms with Crippen molar-refractivity contribution in [1.29, 1.82) is 0 Å². The zero-order chi connectivity index (χ0) is 16.5. The first-order valence-corrected chi connectivity index (χ1v) is 7.49. The van der Waals surface area contributed by atoms with Gasteiger partial charge in [-0.3, -0.25) is 5.10 Å². The molecule has 0 atom stereocenters. The predicted molar refractivity (Wildman–Crippen MR) is 91.5 cm³/mol. The molecular formula is C18H14FN5. The number of rotatable bonds is 3. The van der Waals surface area contributed by atoms with Crippen LogP contribution in [0.2, 0.25) is 0 Å². The van der Waals surface area contributed by atoms with E-state index >= 15 is 0 Å². The van der Waals surface area contributed by atoms with Crippen molar-refractivity contribution < 1.29 is 4.39 Å². The number of nitrogens with one attached hydrogen (secondary N) is 2. The van der Waals surface area contributed by atoms with Crippen LogP contribution in [0.1, 0.15) is 5.56 Å². The fraction of sp³-hybridized carbons (Fsp3) is 0.0556. The molecule has 4 rings (SSSR count). The SMILES string of the molecule is Cc1ccc(-c2ncc(F)c(Nc3ccc4[nH]ncc4c3)n2)cc1. The molecule has 0 unspecified atom stereocenters. The van der Waals surface area contributed by atoms with Gasteiger partial charge in [0.25, 0.3) is 0 Å². The van der Waals surface area contributed by atoms with Crippen LogP contribution in [-0.4, -0.2) is 20.2 Å². The molecule has 2 N–H and O–H groups in total. The number of benzene rings is 2. The number of fused-ring (bicyclic) bond motifs is 1. The second-order valence-corrected chi connectivity index (χ2v) is 5.55. The molecule has 2 aromatic carbocycles. The third kappa shape index (κ3) is 2.69. The van der Waals surface area contributed by atoms with Gasteiger partial charge in [0.05, 0.1) is 17.9 Å². The number of hydrogen-bond donors (Lipinski definition) is 2. The molecule has 0 saturated heterocycles. The lowest BCUT2D eigenvalue weighted by Gasteiger charge is -2.08. The van der Waals surface area contributed by atoms with Gasteiger partial charge in [-0.05, 0) is 25.1 Å². The molecule has 0 spiro atoms. The monoisotopic (exact) mass is 319 g/mol. The van der Waals surface area contributed by atoms with Gasteiger partial charge in [0, 0.05) is 16.6 Å². The number of aromatic amines is 1. The van der Waals surface area contributed by atoms with Crippen molar-refractivity contribution in [3.8, 4) is 11.4 Å². The Balaban J connectivity index is 1.69. The Morgan fingerprint density at radius 3 is 2.71 bits per heavy atom. The average Bonchev–Trinajstić information content (AvgIpc) is 3.05. The maximum Gasteiger partial charge on any atom is 0.184 e. The molecule has 2 heterocycles. The summed E-state index contributed by atoms with van der Waals surface area (Å²) in [6, 6.07) is 13.4. The second kappa shape index (κ2) is 5.73. The van der Waals surface area contributed by atoms with Crippen molar-refractivity contribution >= 4 is 22.4 Å². The van der Waals surface area contributed by atoms with Crippen LogP contribution in [-0.2, 0) is 0 Å². The fourth-order valence-corrected chi connectivity index (χ4v) is 2.45. The summed E-state index contributed by atoms with van der Waals surface area (Å²) in [5, 5.41) is 10.8. The largest absolute Gasteiger partial charge is 0.338 e. The number of halogens is 1. The van der Waals surface area contributed by atoms with Crippen LogP contribution >= 0.6 is 0 Å². The Kier molecular flexibility index (Phi) is 3.42. The fourth-order valence-electron chi connectivity index (χ4n) is 2.45. The van der Waals surface area contributed by atoms with Crippen LogP contribution in [0, 0.1) is 12.7 Å². The van der Waals surface area contributed by atoms with Gasteiger partial charge >= 0.3 is 0 Å². The molecule has 0 aliphatic rings. The van der Waals surface area contributed by atoms with Crippen molar-refractivity contribution in [2.24, 2.45) is 0 Å². The summed E-state index contributed by atoms with van der Waals surface area (Å²) in [6.45, 7) is 2.01. The van der Waals surface area contributed by atoms with Crippen LogP contribution in [0.15, 0.2) is 54.9 Å². The van der Waals surface area contributed by atoms with E-state index < -0.39 is 5.82 Å². The molecule has 6 heteroatoms. The van der Waals surface area contributed by atoms with E-state index in [-0.39, 0.29) is 5.82 Å².